The lowest BCUT2D eigenvalue weighted by atomic mass is 10.1. The highest BCUT2D eigenvalue weighted by Gasteiger charge is 2.16. The van der Waals surface area contributed by atoms with Crippen LogP contribution < -0.4 is 10.6 Å². The van der Waals surface area contributed by atoms with Gasteiger partial charge in [0, 0.05) is 10.8 Å². The van der Waals surface area contributed by atoms with Gasteiger partial charge in [-0.15, -0.1) is 0 Å². The van der Waals surface area contributed by atoms with Gasteiger partial charge in [-0.1, -0.05) is 48.5 Å². The van der Waals surface area contributed by atoms with E-state index < -0.39 is 0 Å². The third-order valence-corrected chi connectivity index (χ3v) is 3.26. The molecular formula is C16H16N2O. The average molecular weight is 252 g/mol. The summed E-state index contributed by atoms with van der Waals surface area (Å²) in [5.74, 6) is 0. The summed E-state index contributed by atoms with van der Waals surface area (Å²) in [5.41, 5.74) is 1.83. The van der Waals surface area contributed by atoms with Gasteiger partial charge in [0.15, 0.2) is 0 Å². The fourth-order valence-corrected chi connectivity index (χ4v) is 2.45. The number of benzene rings is 2. The van der Waals surface area contributed by atoms with Crippen LogP contribution in [0.2, 0.25) is 0 Å². The van der Waals surface area contributed by atoms with Crippen molar-refractivity contribution in [3.8, 4) is 0 Å². The second kappa shape index (κ2) is 4.86. The first-order valence-electron chi connectivity index (χ1n) is 6.45. The van der Waals surface area contributed by atoms with E-state index in [0.29, 0.717) is 6.54 Å². The van der Waals surface area contributed by atoms with Crippen LogP contribution in [0.25, 0.3) is 5.70 Å². The molecule has 1 aliphatic rings. The first-order chi connectivity index (χ1) is 9.25. The monoisotopic (exact) mass is 252 g/mol. The number of hydrogen-bond donors (Lipinski definition) is 1. The van der Waals surface area contributed by atoms with E-state index in [2.05, 4.69) is 4.99 Å². The predicted octanol–water partition coefficient (Wildman–Crippen LogP) is 1.56. The highest BCUT2D eigenvalue weighted by molar-refractivity contribution is 5.63. The van der Waals surface area contributed by atoms with E-state index in [1.807, 2.05) is 61.5 Å². The van der Waals surface area contributed by atoms with Gasteiger partial charge in [-0.2, -0.15) is 0 Å². The molecule has 1 N–H and O–H groups in total. The second-order valence-electron chi connectivity index (χ2n) is 4.79. The van der Waals surface area contributed by atoms with Gasteiger partial charge in [0.2, 0.25) is 0 Å². The Labute approximate surface area is 112 Å². The van der Waals surface area contributed by atoms with Gasteiger partial charge >= 0.3 is 0 Å². The molecule has 0 bridgehead atoms. The summed E-state index contributed by atoms with van der Waals surface area (Å²) in [6, 6.07) is 17.9. The number of para-hydroxylation sites is 1. The summed E-state index contributed by atoms with van der Waals surface area (Å²) in [6.07, 6.45) is 0. The summed E-state index contributed by atoms with van der Waals surface area (Å²) >= 11 is 0. The lowest BCUT2D eigenvalue weighted by Gasteiger charge is -2.20. The van der Waals surface area contributed by atoms with Crippen molar-refractivity contribution in [1.29, 1.82) is 0 Å². The van der Waals surface area contributed by atoms with Crippen molar-refractivity contribution in [2.45, 2.75) is 13.0 Å². The van der Waals surface area contributed by atoms with Crippen LogP contribution in [0.4, 0.5) is 0 Å². The van der Waals surface area contributed by atoms with Crippen LogP contribution in [0.5, 0.6) is 0 Å². The van der Waals surface area contributed by atoms with E-state index >= 15 is 0 Å². The molecule has 1 aliphatic heterocycles. The largest absolute Gasteiger partial charge is 0.288 e. The van der Waals surface area contributed by atoms with Crippen molar-refractivity contribution in [2.75, 3.05) is 6.54 Å². The molecule has 19 heavy (non-hydrogen) atoms. The van der Waals surface area contributed by atoms with Gasteiger partial charge in [0.05, 0.1) is 23.6 Å². The van der Waals surface area contributed by atoms with Crippen molar-refractivity contribution >= 4 is 5.70 Å². The van der Waals surface area contributed by atoms with E-state index in [4.69, 9.17) is 0 Å². The highest BCUT2D eigenvalue weighted by Crippen LogP contribution is 2.15. The van der Waals surface area contributed by atoms with Crippen LogP contribution >= 0.6 is 0 Å². The molecule has 3 rings (SSSR count). The number of fused-ring (bicyclic) bond motifs is 1. The van der Waals surface area contributed by atoms with Crippen LogP contribution in [0, 0.1) is 0 Å². The van der Waals surface area contributed by atoms with Crippen molar-refractivity contribution in [3.63, 3.8) is 0 Å². The quantitative estimate of drug-likeness (QED) is 0.836. The van der Waals surface area contributed by atoms with Gasteiger partial charge < -0.3 is 0 Å². The molecule has 0 aliphatic carbocycles. The Morgan fingerprint density at radius 3 is 2.53 bits per heavy atom. The molecule has 2 aromatic carbocycles. The zero-order chi connectivity index (χ0) is 13.2. The van der Waals surface area contributed by atoms with Crippen LogP contribution in [0.15, 0.2) is 59.6 Å². The van der Waals surface area contributed by atoms with E-state index in [-0.39, 0.29) is 6.04 Å². The van der Waals surface area contributed by atoms with Crippen LogP contribution in [-0.2, 0) is 0 Å². The first kappa shape index (κ1) is 11.9. The maximum absolute atomic E-state index is 10.4. The Bertz CT molecular complexity index is 694. The summed E-state index contributed by atoms with van der Waals surface area (Å²) in [4.78, 5) is 4.64. The Balaban J connectivity index is 2.37. The summed E-state index contributed by atoms with van der Waals surface area (Å²) in [7, 11) is 0. The average Bonchev–Trinajstić information content (AvgIpc) is 2.54. The molecule has 2 aromatic rings. The number of nitrogens with zero attached hydrogens (tertiary/aromatic N) is 2. The maximum Gasteiger partial charge on any atom is 0.0801 e. The third-order valence-electron chi connectivity index (χ3n) is 3.26. The van der Waals surface area contributed by atoms with Crippen molar-refractivity contribution in [1.82, 2.24) is 5.06 Å². The molecule has 0 saturated heterocycles. The summed E-state index contributed by atoms with van der Waals surface area (Å²) < 4.78 is 0. The SMILES string of the molecule is CC1CN(O)C(c2ccccc2)=c2ccccc2=N1. The van der Waals surface area contributed by atoms with E-state index in [1.54, 1.807) is 0 Å². The third kappa shape index (κ3) is 2.25. The van der Waals surface area contributed by atoms with Gasteiger partial charge in [-0.3, -0.25) is 15.3 Å². The molecule has 0 fully saturated rings. The minimum Gasteiger partial charge on any atom is -0.288 e. The zero-order valence-corrected chi connectivity index (χ0v) is 10.8. The molecular weight excluding hydrogens is 236 g/mol. The maximum atomic E-state index is 10.4. The van der Waals surface area contributed by atoms with Crippen LogP contribution in [0.1, 0.15) is 12.5 Å². The molecule has 0 spiro atoms. The van der Waals surface area contributed by atoms with E-state index in [0.717, 1.165) is 21.8 Å². The van der Waals surface area contributed by atoms with Crippen LogP contribution in [-0.4, -0.2) is 22.9 Å². The fourth-order valence-electron chi connectivity index (χ4n) is 2.45. The number of hydrogen-bond acceptors (Lipinski definition) is 3. The van der Waals surface area contributed by atoms with Crippen molar-refractivity contribution in [2.24, 2.45) is 4.99 Å². The normalized spacial score (nSPS) is 18.5. The van der Waals surface area contributed by atoms with E-state index in [9.17, 15) is 5.21 Å². The number of hydroxylamine groups is 2. The van der Waals surface area contributed by atoms with Gasteiger partial charge in [0.25, 0.3) is 0 Å². The highest BCUT2D eigenvalue weighted by atomic mass is 16.5. The molecule has 0 radical (unpaired) electrons. The minimum absolute atomic E-state index is 0.0624. The Morgan fingerprint density at radius 2 is 1.74 bits per heavy atom. The fraction of sp³-hybridized carbons (Fsp3) is 0.188. The minimum atomic E-state index is 0.0624. The second-order valence-corrected chi connectivity index (χ2v) is 4.79. The molecule has 1 unspecified atom stereocenters. The van der Waals surface area contributed by atoms with Crippen molar-refractivity contribution in [3.05, 3.63) is 70.7 Å². The van der Waals surface area contributed by atoms with E-state index in [1.165, 1.54) is 5.06 Å². The van der Waals surface area contributed by atoms with Gasteiger partial charge in [-0.05, 0) is 13.0 Å². The zero-order valence-electron chi connectivity index (χ0n) is 10.8. The molecule has 0 saturated carbocycles. The number of rotatable bonds is 1. The lowest BCUT2D eigenvalue weighted by molar-refractivity contribution is -0.0302. The first-order valence-corrected chi connectivity index (χ1v) is 6.45. The lowest BCUT2D eigenvalue weighted by Crippen LogP contribution is -2.31. The standard InChI is InChI=1S/C16H16N2O/c1-12-11-18(19)16(13-7-3-2-4-8-13)14-9-5-6-10-15(14)17-12/h2-10,12,19H,11H2,1H3. The predicted molar refractivity (Wildman–Crippen MR) is 74.1 cm³/mol. The molecule has 0 amide bonds. The Morgan fingerprint density at radius 1 is 1.05 bits per heavy atom. The summed E-state index contributed by atoms with van der Waals surface area (Å²) in [6.45, 7) is 2.51. The van der Waals surface area contributed by atoms with Crippen molar-refractivity contribution < 1.29 is 5.21 Å². The molecule has 3 nitrogen and oxygen atoms in total. The Hall–Kier alpha value is -2.13. The topological polar surface area (TPSA) is 35.8 Å². The van der Waals surface area contributed by atoms with Crippen LogP contribution in [0.3, 0.4) is 0 Å². The summed E-state index contributed by atoms with van der Waals surface area (Å²) in [5, 5.41) is 13.6. The molecule has 1 atom stereocenters. The molecule has 3 heteroatoms. The smallest absolute Gasteiger partial charge is 0.0801 e. The Kier molecular flexibility index (Phi) is 3.05. The molecule has 0 aromatic heterocycles. The van der Waals surface area contributed by atoms with Gasteiger partial charge in [-0.25, -0.2) is 0 Å². The van der Waals surface area contributed by atoms with Gasteiger partial charge in [0.1, 0.15) is 0 Å². The molecule has 96 valence electrons. The molecule has 1 heterocycles.